The van der Waals surface area contributed by atoms with Crippen molar-refractivity contribution in [2.75, 3.05) is 25.6 Å². The van der Waals surface area contributed by atoms with E-state index in [1.165, 1.54) is 0 Å². The summed E-state index contributed by atoms with van der Waals surface area (Å²) >= 11 is 0. The van der Waals surface area contributed by atoms with E-state index in [0.29, 0.717) is 36.1 Å². The first-order valence-corrected chi connectivity index (χ1v) is 5.63. The number of hydrogen-bond donors (Lipinski definition) is 1. The van der Waals surface area contributed by atoms with Crippen LogP contribution in [0.2, 0.25) is 0 Å². The van der Waals surface area contributed by atoms with Gasteiger partial charge in [0.2, 0.25) is 0 Å². The lowest BCUT2D eigenvalue weighted by Gasteiger charge is -2.09. The molecule has 0 unspecified atom stereocenters. The van der Waals surface area contributed by atoms with Crippen LogP contribution in [0.4, 0.5) is 5.69 Å². The van der Waals surface area contributed by atoms with Crippen LogP contribution < -0.4 is 10.5 Å². The molecule has 4 heteroatoms. The first-order valence-electron chi connectivity index (χ1n) is 5.63. The Morgan fingerprint density at radius 3 is 2.76 bits per heavy atom. The SMILES string of the molecule is CC(C)COCCOc1ccc(N)c(C#N)c1. The Morgan fingerprint density at radius 1 is 1.35 bits per heavy atom. The highest BCUT2D eigenvalue weighted by Crippen LogP contribution is 2.18. The predicted molar refractivity (Wildman–Crippen MR) is 66.7 cm³/mol. The van der Waals surface area contributed by atoms with Gasteiger partial charge < -0.3 is 15.2 Å². The van der Waals surface area contributed by atoms with Crippen LogP contribution >= 0.6 is 0 Å². The van der Waals surface area contributed by atoms with Gasteiger partial charge in [0.25, 0.3) is 0 Å². The number of benzene rings is 1. The van der Waals surface area contributed by atoms with Crippen molar-refractivity contribution in [2.45, 2.75) is 13.8 Å². The zero-order valence-corrected chi connectivity index (χ0v) is 10.3. The zero-order chi connectivity index (χ0) is 12.7. The third-order valence-electron chi connectivity index (χ3n) is 2.09. The van der Waals surface area contributed by atoms with Gasteiger partial charge in [-0.2, -0.15) is 5.26 Å². The van der Waals surface area contributed by atoms with E-state index < -0.39 is 0 Å². The molecular weight excluding hydrogens is 216 g/mol. The molecule has 0 radical (unpaired) electrons. The molecule has 1 aromatic carbocycles. The summed E-state index contributed by atoms with van der Waals surface area (Å²) in [5, 5.41) is 8.80. The molecular formula is C13H18N2O2. The second kappa shape index (κ2) is 6.77. The molecule has 1 rings (SSSR count). The molecule has 0 atom stereocenters. The van der Waals surface area contributed by atoms with Crippen LogP contribution in [0.15, 0.2) is 18.2 Å². The number of nitriles is 1. The first-order chi connectivity index (χ1) is 8.13. The molecule has 0 bridgehead atoms. The highest BCUT2D eigenvalue weighted by atomic mass is 16.5. The molecule has 0 saturated carbocycles. The van der Waals surface area contributed by atoms with E-state index in [2.05, 4.69) is 13.8 Å². The minimum absolute atomic E-state index is 0.436. The van der Waals surface area contributed by atoms with Crippen molar-refractivity contribution < 1.29 is 9.47 Å². The van der Waals surface area contributed by atoms with Crippen LogP contribution in [-0.4, -0.2) is 19.8 Å². The normalized spacial score (nSPS) is 10.2. The summed E-state index contributed by atoms with van der Waals surface area (Å²) in [5.74, 6) is 1.17. The van der Waals surface area contributed by atoms with E-state index in [1.54, 1.807) is 18.2 Å². The van der Waals surface area contributed by atoms with Crippen molar-refractivity contribution in [3.63, 3.8) is 0 Å². The van der Waals surface area contributed by atoms with E-state index in [-0.39, 0.29) is 0 Å². The summed E-state index contributed by atoms with van der Waals surface area (Å²) < 4.78 is 10.8. The quantitative estimate of drug-likeness (QED) is 0.605. The van der Waals surface area contributed by atoms with Crippen molar-refractivity contribution in [3.8, 4) is 11.8 Å². The number of nitrogen functional groups attached to an aromatic ring is 1. The van der Waals surface area contributed by atoms with E-state index in [1.807, 2.05) is 6.07 Å². The maximum absolute atomic E-state index is 8.80. The summed E-state index contributed by atoms with van der Waals surface area (Å²) in [6, 6.07) is 7.07. The van der Waals surface area contributed by atoms with E-state index >= 15 is 0 Å². The average Bonchev–Trinajstić information content (AvgIpc) is 2.30. The van der Waals surface area contributed by atoms with E-state index in [9.17, 15) is 0 Å². The van der Waals surface area contributed by atoms with Crippen LogP contribution in [0, 0.1) is 17.2 Å². The molecule has 2 N–H and O–H groups in total. The molecule has 0 amide bonds. The topological polar surface area (TPSA) is 68.3 Å². The molecule has 0 spiro atoms. The highest BCUT2D eigenvalue weighted by molar-refractivity contribution is 5.56. The Bertz CT molecular complexity index is 397. The van der Waals surface area contributed by atoms with Crippen molar-refractivity contribution in [2.24, 2.45) is 5.92 Å². The largest absolute Gasteiger partial charge is 0.491 e. The lowest BCUT2D eigenvalue weighted by atomic mass is 10.2. The smallest absolute Gasteiger partial charge is 0.120 e. The van der Waals surface area contributed by atoms with Gasteiger partial charge >= 0.3 is 0 Å². The van der Waals surface area contributed by atoms with Gasteiger partial charge in [-0.25, -0.2) is 0 Å². The molecule has 4 nitrogen and oxygen atoms in total. The Hall–Kier alpha value is -1.73. The van der Waals surface area contributed by atoms with Gasteiger partial charge in [-0.1, -0.05) is 13.8 Å². The summed E-state index contributed by atoms with van der Waals surface area (Å²) in [7, 11) is 0. The van der Waals surface area contributed by atoms with Gasteiger partial charge in [0, 0.05) is 12.3 Å². The van der Waals surface area contributed by atoms with Crippen LogP contribution in [0.1, 0.15) is 19.4 Å². The van der Waals surface area contributed by atoms with Crippen LogP contribution in [0.5, 0.6) is 5.75 Å². The number of hydrogen-bond acceptors (Lipinski definition) is 4. The number of nitrogens with two attached hydrogens (primary N) is 1. The maximum Gasteiger partial charge on any atom is 0.120 e. The second-order valence-electron chi connectivity index (χ2n) is 4.18. The summed E-state index contributed by atoms with van der Waals surface area (Å²) in [5.41, 5.74) is 6.51. The fraction of sp³-hybridized carbons (Fsp3) is 0.462. The Kier molecular flexibility index (Phi) is 5.31. The van der Waals surface area contributed by atoms with E-state index in [4.69, 9.17) is 20.5 Å². The van der Waals surface area contributed by atoms with E-state index in [0.717, 1.165) is 6.61 Å². The maximum atomic E-state index is 8.80. The molecule has 92 valence electrons. The molecule has 0 heterocycles. The average molecular weight is 234 g/mol. The molecule has 0 aliphatic rings. The van der Waals surface area contributed by atoms with Crippen molar-refractivity contribution in [1.82, 2.24) is 0 Å². The third-order valence-corrected chi connectivity index (χ3v) is 2.09. The molecule has 0 aliphatic carbocycles. The fourth-order valence-corrected chi connectivity index (χ4v) is 1.26. The molecule has 0 fully saturated rings. The zero-order valence-electron chi connectivity index (χ0n) is 10.3. The monoisotopic (exact) mass is 234 g/mol. The van der Waals surface area contributed by atoms with Crippen LogP contribution in [-0.2, 0) is 4.74 Å². The molecule has 17 heavy (non-hydrogen) atoms. The van der Waals surface area contributed by atoms with Gasteiger partial charge in [-0.3, -0.25) is 0 Å². The lowest BCUT2D eigenvalue weighted by molar-refractivity contribution is 0.0819. The van der Waals surface area contributed by atoms with Gasteiger partial charge in [0.1, 0.15) is 18.4 Å². The Balaban J connectivity index is 2.35. The standard InChI is InChI=1S/C13H18N2O2/c1-10(2)9-16-5-6-17-12-3-4-13(15)11(7-12)8-14/h3-4,7,10H,5-6,9,15H2,1-2H3. The minimum Gasteiger partial charge on any atom is -0.491 e. The third kappa shape index (κ3) is 4.75. The molecule has 1 aromatic rings. The van der Waals surface area contributed by atoms with Crippen molar-refractivity contribution in [3.05, 3.63) is 23.8 Å². The van der Waals surface area contributed by atoms with Gasteiger partial charge in [0.05, 0.1) is 12.2 Å². The highest BCUT2D eigenvalue weighted by Gasteiger charge is 2.01. The molecule has 0 aromatic heterocycles. The minimum atomic E-state index is 0.436. The fourth-order valence-electron chi connectivity index (χ4n) is 1.26. The first kappa shape index (κ1) is 13.3. The number of rotatable bonds is 6. The Labute approximate surface area is 102 Å². The lowest BCUT2D eigenvalue weighted by Crippen LogP contribution is -2.10. The van der Waals surface area contributed by atoms with Crippen LogP contribution in [0.3, 0.4) is 0 Å². The van der Waals surface area contributed by atoms with Gasteiger partial charge in [-0.05, 0) is 24.1 Å². The second-order valence-corrected chi connectivity index (χ2v) is 4.18. The number of ether oxygens (including phenoxy) is 2. The van der Waals surface area contributed by atoms with Gasteiger partial charge in [-0.15, -0.1) is 0 Å². The Morgan fingerprint density at radius 2 is 2.12 bits per heavy atom. The van der Waals surface area contributed by atoms with Crippen molar-refractivity contribution >= 4 is 5.69 Å². The number of anilines is 1. The predicted octanol–water partition coefficient (Wildman–Crippen LogP) is 2.19. The summed E-state index contributed by atoms with van der Waals surface area (Å²) in [6.45, 7) is 5.94. The van der Waals surface area contributed by atoms with Crippen LogP contribution in [0.25, 0.3) is 0 Å². The van der Waals surface area contributed by atoms with Gasteiger partial charge in [0.15, 0.2) is 0 Å². The van der Waals surface area contributed by atoms with Crippen molar-refractivity contribution in [1.29, 1.82) is 5.26 Å². The summed E-state index contributed by atoms with van der Waals surface area (Å²) in [6.07, 6.45) is 0. The molecule has 0 saturated heterocycles. The summed E-state index contributed by atoms with van der Waals surface area (Å²) in [4.78, 5) is 0. The number of nitrogens with zero attached hydrogens (tertiary/aromatic N) is 1. The molecule has 0 aliphatic heterocycles.